The van der Waals surface area contributed by atoms with E-state index >= 15 is 0 Å². The Morgan fingerprint density at radius 2 is 2.27 bits per heavy atom. The predicted octanol–water partition coefficient (Wildman–Crippen LogP) is 3.32. The number of aliphatic hydroxyl groups excluding tert-OH is 1. The first-order chi connectivity index (χ1) is 7.16. The van der Waals surface area contributed by atoms with E-state index in [-0.39, 0.29) is 10.6 Å². The van der Waals surface area contributed by atoms with Crippen LogP contribution in [-0.2, 0) is 0 Å². The first kappa shape index (κ1) is 12.0. The smallest absolute Gasteiger partial charge is 0.130 e. The van der Waals surface area contributed by atoms with Crippen LogP contribution in [0.5, 0.6) is 0 Å². The molecule has 1 aromatic carbocycles. The summed E-state index contributed by atoms with van der Waals surface area (Å²) >= 11 is 5.80. The van der Waals surface area contributed by atoms with Crippen molar-refractivity contribution < 1.29 is 9.50 Å². The van der Waals surface area contributed by atoms with E-state index < -0.39 is 11.9 Å². The number of rotatable bonds is 3. The van der Waals surface area contributed by atoms with E-state index in [2.05, 4.69) is 11.8 Å². The second kappa shape index (κ2) is 5.75. The summed E-state index contributed by atoms with van der Waals surface area (Å²) in [6, 6.07) is 4.37. The van der Waals surface area contributed by atoms with Crippen LogP contribution in [0.15, 0.2) is 18.2 Å². The average molecular weight is 227 g/mol. The summed E-state index contributed by atoms with van der Waals surface area (Å²) in [5.41, 5.74) is 0.164. The fourth-order valence-electron chi connectivity index (χ4n) is 1.31. The zero-order valence-corrected chi connectivity index (χ0v) is 9.18. The molecule has 0 aliphatic heterocycles. The average Bonchev–Trinajstić information content (AvgIpc) is 2.18. The molecule has 1 aromatic rings. The van der Waals surface area contributed by atoms with Crippen molar-refractivity contribution in [1.29, 1.82) is 0 Å². The highest BCUT2D eigenvalue weighted by Crippen LogP contribution is 2.28. The Kier molecular flexibility index (Phi) is 4.61. The Labute approximate surface area is 93.9 Å². The number of benzene rings is 1. The van der Waals surface area contributed by atoms with Crippen LogP contribution in [0.4, 0.5) is 4.39 Å². The predicted molar refractivity (Wildman–Crippen MR) is 59.1 cm³/mol. The Balaban J connectivity index is 2.79. The van der Waals surface area contributed by atoms with Crippen molar-refractivity contribution >= 4 is 11.6 Å². The first-order valence-corrected chi connectivity index (χ1v) is 5.06. The molecule has 1 rings (SSSR count). The second-order valence-electron chi connectivity index (χ2n) is 3.12. The molecule has 0 amide bonds. The molecule has 1 N–H and O–H groups in total. The molecule has 1 nitrogen and oxygen atoms in total. The summed E-state index contributed by atoms with van der Waals surface area (Å²) in [5, 5.41) is 9.97. The molecule has 0 saturated heterocycles. The van der Waals surface area contributed by atoms with Gasteiger partial charge in [0.2, 0.25) is 0 Å². The molecular weight excluding hydrogens is 215 g/mol. The largest absolute Gasteiger partial charge is 0.388 e. The van der Waals surface area contributed by atoms with Crippen LogP contribution in [0.1, 0.15) is 31.4 Å². The van der Waals surface area contributed by atoms with Crippen molar-refractivity contribution in [3.05, 3.63) is 34.6 Å². The van der Waals surface area contributed by atoms with Crippen molar-refractivity contribution in [2.75, 3.05) is 0 Å². The van der Waals surface area contributed by atoms with Gasteiger partial charge in [-0.1, -0.05) is 17.7 Å². The van der Waals surface area contributed by atoms with E-state index in [1.165, 1.54) is 12.1 Å². The minimum absolute atomic E-state index is 0.164. The zero-order valence-electron chi connectivity index (χ0n) is 8.43. The van der Waals surface area contributed by atoms with Gasteiger partial charge in [0.1, 0.15) is 5.82 Å². The van der Waals surface area contributed by atoms with Crippen molar-refractivity contribution in [2.24, 2.45) is 0 Å². The molecule has 1 unspecified atom stereocenters. The summed E-state index contributed by atoms with van der Waals surface area (Å²) < 4.78 is 13.3. The molecular formula is C12H12ClFO. The van der Waals surface area contributed by atoms with E-state index in [1.807, 2.05) is 0 Å². The van der Waals surface area contributed by atoms with Gasteiger partial charge < -0.3 is 5.11 Å². The Hall–Kier alpha value is -1.04. The summed E-state index contributed by atoms with van der Waals surface area (Å²) in [6.07, 6.45) is 0.0312. The van der Waals surface area contributed by atoms with Gasteiger partial charge in [-0.3, -0.25) is 0 Å². The third-order valence-electron chi connectivity index (χ3n) is 2.05. The molecule has 1 atom stereocenters. The van der Waals surface area contributed by atoms with Crippen LogP contribution in [0.3, 0.4) is 0 Å². The van der Waals surface area contributed by atoms with E-state index in [0.717, 1.165) is 0 Å². The molecule has 0 aromatic heterocycles. The van der Waals surface area contributed by atoms with Crippen LogP contribution in [0.2, 0.25) is 5.02 Å². The van der Waals surface area contributed by atoms with Crippen molar-refractivity contribution in [1.82, 2.24) is 0 Å². The van der Waals surface area contributed by atoms with Crippen molar-refractivity contribution in [3.8, 4) is 11.8 Å². The quantitative estimate of drug-likeness (QED) is 0.784. The Bertz CT molecular complexity index is 372. The minimum Gasteiger partial charge on any atom is -0.388 e. The lowest BCUT2D eigenvalue weighted by Gasteiger charge is -2.11. The van der Waals surface area contributed by atoms with Gasteiger partial charge in [-0.15, -0.1) is 11.8 Å². The third kappa shape index (κ3) is 3.23. The van der Waals surface area contributed by atoms with Crippen LogP contribution < -0.4 is 0 Å². The molecule has 0 spiro atoms. The van der Waals surface area contributed by atoms with Gasteiger partial charge in [0, 0.05) is 17.0 Å². The van der Waals surface area contributed by atoms with E-state index in [0.29, 0.717) is 12.8 Å². The summed E-state index contributed by atoms with van der Waals surface area (Å²) in [4.78, 5) is 0. The number of halogens is 2. The van der Waals surface area contributed by atoms with E-state index in [1.54, 1.807) is 13.0 Å². The molecule has 0 heterocycles. The molecule has 0 saturated carbocycles. The van der Waals surface area contributed by atoms with Gasteiger partial charge in [-0.25, -0.2) is 4.39 Å². The molecule has 0 bridgehead atoms. The summed E-state index contributed by atoms with van der Waals surface area (Å²) in [7, 11) is 0. The van der Waals surface area contributed by atoms with Gasteiger partial charge in [-0.2, -0.15) is 0 Å². The van der Waals surface area contributed by atoms with Crippen molar-refractivity contribution in [3.63, 3.8) is 0 Å². The fraction of sp³-hybridized carbons (Fsp3) is 0.333. The SMILES string of the molecule is CC#CCCC(O)c1c(F)cccc1Cl. The lowest BCUT2D eigenvalue weighted by atomic mass is 10.0. The minimum atomic E-state index is -0.889. The van der Waals surface area contributed by atoms with Gasteiger partial charge in [0.25, 0.3) is 0 Å². The van der Waals surface area contributed by atoms with Gasteiger partial charge >= 0.3 is 0 Å². The Morgan fingerprint density at radius 1 is 1.53 bits per heavy atom. The number of aliphatic hydroxyl groups is 1. The van der Waals surface area contributed by atoms with Crippen LogP contribution in [0.25, 0.3) is 0 Å². The van der Waals surface area contributed by atoms with Crippen LogP contribution in [0, 0.1) is 17.7 Å². The molecule has 0 fully saturated rings. The maximum absolute atomic E-state index is 13.3. The monoisotopic (exact) mass is 226 g/mol. The molecule has 0 aliphatic carbocycles. The second-order valence-corrected chi connectivity index (χ2v) is 3.52. The van der Waals surface area contributed by atoms with Crippen LogP contribution >= 0.6 is 11.6 Å². The summed E-state index contributed by atoms with van der Waals surface area (Å²) in [6.45, 7) is 1.72. The van der Waals surface area contributed by atoms with Crippen molar-refractivity contribution in [2.45, 2.75) is 25.9 Å². The topological polar surface area (TPSA) is 20.2 Å². The van der Waals surface area contributed by atoms with Crippen LogP contribution in [-0.4, -0.2) is 5.11 Å². The van der Waals surface area contributed by atoms with E-state index in [4.69, 9.17) is 11.6 Å². The highest BCUT2D eigenvalue weighted by Gasteiger charge is 2.15. The molecule has 15 heavy (non-hydrogen) atoms. The van der Waals surface area contributed by atoms with Gasteiger partial charge in [0.05, 0.1) is 6.10 Å². The molecule has 80 valence electrons. The lowest BCUT2D eigenvalue weighted by Crippen LogP contribution is -2.01. The van der Waals surface area contributed by atoms with Gasteiger partial charge in [-0.05, 0) is 25.5 Å². The molecule has 0 aliphatic rings. The zero-order chi connectivity index (χ0) is 11.3. The number of hydrogen-bond acceptors (Lipinski definition) is 1. The molecule has 0 radical (unpaired) electrons. The third-order valence-corrected chi connectivity index (χ3v) is 2.38. The highest BCUT2D eigenvalue weighted by atomic mass is 35.5. The lowest BCUT2D eigenvalue weighted by molar-refractivity contribution is 0.165. The van der Waals surface area contributed by atoms with Gasteiger partial charge in [0.15, 0.2) is 0 Å². The maximum atomic E-state index is 13.3. The maximum Gasteiger partial charge on any atom is 0.130 e. The highest BCUT2D eigenvalue weighted by molar-refractivity contribution is 6.31. The summed E-state index contributed by atoms with van der Waals surface area (Å²) in [5.74, 6) is 5.06. The normalized spacial score (nSPS) is 11.7. The Morgan fingerprint density at radius 3 is 2.87 bits per heavy atom. The fourth-order valence-corrected chi connectivity index (χ4v) is 1.60. The first-order valence-electron chi connectivity index (χ1n) is 4.68. The standard InChI is InChI=1S/C12H12ClFO/c1-2-3-4-8-11(15)12-9(13)6-5-7-10(12)14/h5-7,11,15H,4,8H2,1H3. The molecule has 3 heteroatoms. The number of hydrogen-bond donors (Lipinski definition) is 1. The van der Waals surface area contributed by atoms with E-state index in [9.17, 15) is 9.50 Å².